The van der Waals surface area contributed by atoms with Crippen molar-refractivity contribution in [3.8, 4) is 0 Å². The second-order valence-corrected chi connectivity index (χ2v) is 8.12. The third-order valence-corrected chi connectivity index (χ3v) is 6.29. The summed E-state index contributed by atoms with van der Waals surface area (Å²) in [6.45, 7) is 0.578. The normalized spacial score (nSPS) is 12.0. The molecular formula is C6H18ClN3P. The van der Waals surface area contributed by atoms with Crippen molar-refractivity contribution in [2.75, 3.05) is 38.1 Å². The van der Waals surface area contributed by atoms with Crippen molar-refractivity contribution in [2.45, 2.75) is 0 Å². The molecule has 0 aliphatic rings. The molecule has 0 rings (SSSR count). The highest BCUT2D eigenvalue weighted by Crippen LogP contribution is 2.62. The van der Waals surface area contributed by atoms with E-state index in [1.165, 1.54) is 0 Å². The summed E-state index contributed by atoms with van der Waals surface area (Å²) in [5, 5.41) is 0. The molecule has 0 aliphatic heterocycles. The standard InChI is InChI=1S/C6H18ClN3P/c7-11(4-1-8,5-2-9)6-3-10/h1-6,8-10H2. The molecule has 5 heteroatoms. The fourth-order valence-corrected chi connectivity index (χ4v) is 3.97. The monoisotopic (exact) mass is 198 g/mol. The van der Waals surface area contributed by atoms with Crippen LogP contribution < -0.4 is 17.2 Å². The van der Waals surface area contributed by atoms with E-state index >= 15 is 0 Å². The van der Waals surface area contributed by atoms with E-state index in [1.54, 1.807) is 0 Å². The highest BCUT2D eigenvalue weighted by Gasteiger charge is 2.21. The van der Waals surface area contributed by atoms with Crippen molar-refractivity contribution in [1.29, 1.82) is 0 Å². The molecule has 0 fully saturated rings. The van der Waals surface area contributed by atoms with Crippen LogP contribution in [0.3, 0.4) is 0 Å². The van der Waals surface area contributed by atoms with Gasteiger partial charge in [0, 0.05) is 0 Å². The van der Waals surface area contributed by atoms with Crippen LogP contribution in [0.1, 0.15) is 0 Å². The van der Waals surface area contributed by atoms with Crippen molar-refractivity contribution >= 4 is 17.9 Å². The maximum Gasteiger partial charge on any atom is -0.00301 e. The molecule has 0 unspecified atom stereocenters. The summed E-state index contributed by atoms with van der Waals surface area (Å²) >= 11 is 6.31. The Kier molecular flexibility index (Phi) is 6.49. The average Bonchev–Trinajstić information content (AvgIpc) is 1.88. The van der Waals surface area contributed by atoms with Crippen molar-refractivity contribution in [3.63, 3.8) is 0 Å². The Labute approximate surface area is 73.8 Å². The number of rotatable bonds is 6. The third kappa shape index (κ3) is 4.94. The predicted molar refractivity (Wildman–Crippen MR) is 54.5 cm³/mol. The maximum atomic E-state index is 6.31. The van der Waals surface area contributed by atoms with Crippen LogP contribution in [0.15, 0.2) is 0 Å². The van der Waals surface area contributed by atoms with Crippen LogP contribution in [0.4, 0.5) is 0 Å². The molecule has 69 valence electrons. The molecular weight excluding hydrogens is 181 g/mol. The van der Waals surface area contributed by atoms with Gasteiger partial charge < -0.3 is 17.2 Å². The van der Waals surface area contributed by atoms with E-state index in [2.05, 4.69) is 0 Å². The van der Waals surface area contributed by atoms with Crippen LogP contribution >= 0.6 is 17.9 Å². The molecule has 0 bridgehead atoms. The fraction of sp³-hybridized carbons (Fsp3) is 1.00. The average molecular weight is 199 g/mol. The van der Waals surface area contributed by atoms with Crippen molar-refractivity contribution < 1.29 is 0 Å². The summed E-state index contributed by atoms with van der Waals surface area (Å²) < 4.78 is 0. The highest BCUT2D eigenvalue weighted by molar-refractivity contribution is 7.99. The molecule has 0 aromatic rings. The smallest absolute Gasteiger partial charge is 0.00301 e. The quantitative estimate of drug-likeness (QED) is 0.527. The van der Waals surface area contributed by atoms with E-state index in [0.29, 0.717) is 19.6 Å². The second kappa shape index (κ2) is 6.15. The summed E-state index contributed by atoms with van der Waals surface area (Å²) in [5.41, 5.74) is 16.3. The van der Waals surface area contributed by atoms with E-state index in [4.69, 9.17) is 28.4 Å². The van der Waals surface area contributed by atoms with Crippen LogP contribution in [0, 0.1) is 0 Å². The van der Waals surface area contributed by atoms with E-state index < -0.39 is 6.62 Å². The van der Waals surface area contributed by atoms with Gasteiger partial charge in [0.05, 0.1) is 0 Å². The largest absolute Gasteiger partial charge is 0.330 e. The molecule has 0 saturated carbocycles. The number of hydrogen-bond acceptors (Lipinski definition) is 3. The van der Waals surface area contributed by atoms with Gasteiger partial charge in [-0.2, -0.15) is 0 Å². The van der Waals surface area contributed by atoms with Crippen LogP contribution in [-0.2, 0) is 0 Å². The molecule has 1 radical (unpaired) electrons. The first kappa shape index (κ1) is 11.6. The lowest BCUT2D eigenvalue weighted by Crippen LogP contribution is -2.19. The molecule has 0 aliphatic carbocycles. The fourth-order valence-electron chi connectivity index (χ4n) is 1.03. The molecule has 0 heterocycles. The maximum absolute atomic E-state index is 6.31. The molecule has 0 amide bonds. The first-order valence-corrected chi connectivity index (χ1v) is 7.09. The third-order valence-electron chi connectivity index (χ3n) is 1.59. The number of nitrogens with two attached hydrogens (primary N) is 3. The summed E-state index contributed by atoms with van der Waals surface area (Å²) in [6, 6.07) is 0. The Hall–Kier alpha value is 0.600. The Morgan fingerprint density at radius 1 is 0.818 bits per heavy atom. The molecule has 0 aromatic carbocycles. The predicted octanol–water partition coefficient (Wildman–Crippen LogP) is 0.0339. The lowest BCUT2D eigenvalue weighted by Gasteiger charge is -2.27. The van der Waals surface area contributed by atoms with Gasteiger partial charge in [0.1, 0.15) is 0 Å². The van der Waals surface area contributed by atoms with Gasteiger partial charge in [-0.3, -0.25) is 0 Å². The highest BCUT2D eigenvalue weighted by atomic mass is 35.7. The molecule has 11 heavy (non-hydrogen) atoms. The zero-order valence-electron chi connectivity index (χ0n) is 6.80. The minimum absolute atomic E-state index is 0.650. The van der Waals surface area contributed by atoms with Crippen molar-refractivity contribution in [2.24, 2.45) is 17.2 Å². The van der Waals surface area contributed by atoms with Gasteiger partial charge in [0.2, 0.25) is 0 Å². The van der Waals surface area contributed by atoms with Crippen LogP contribution in [0.2, 0.25) is 0 Å². The van der Waals surface area contributed by atoms with E-state index in [9.17, 15) is 0 Å². The van der Waals surface area contributed by atoms with E-state index in [-0.39, 0.29) is 0 Å². The Bertz CT molecular complexity index is 84.8. The van der Waals surface area contributed by atoms with Crippen molar-refractivity contribution in [1.82, 2.24) is 0 Å². The summed E-state index contributed by atoms with van der Waals surface area (Å²) in [7, 11) is 0. The lowest BCUT2D eigenvalue weighted by atomic mass is 10.8. The first-order valence-electron chi connectivity index (χ1n) is 3.84. The molecule has 0 aromatic heterocycles. The van der Waals surface area contributed by atoms with Gasteiger partial charge in [0.25, 0.3) is 0 Å². The van der Waals surface area contributed by atoms with E-state index in [0.717, 1.165) is 18.5 Å². The van der Waals surface area contributed by atoms with Crippen molar-refractivity contribution in [3.05, 3.63) is 0 Å². The summed E-state index contributed by atoms with van der Waals surface area (Å²) in [4.78, 5) is 0. The number of halogens is 1. The van der Waals surface area contributed by atoms with Crippen LogP contribution in [0.25, 0.3) is 0 Å². The van der Waals surface area contributed by atoms with Gasteiger partial charge in [-0.1, -0.05) is 0 Å². The molecule has 3 nitrogen and oxygen atoms in total. The minimum Gasteiger partial charge on any atom is -0.330 e. The molecule has 0 saturated heterocycles. The zero-order valence-corrected chi connectivity index (χ0v) is 8.45. The minimum atomic E-state index is -1.37. The van der Waals surface area contributed by atoms with Crippen LogP contribution in [-0.4, -0.2) is 38.1 Å². The van der Waals surface area contributed by atoms with Gasteiger partial charge >= 0.3 is 0 Å². The Morgan fingerprint density at radius 2 is 1.09 bits per heavy atom. The van der Waals surface area contributed by atoms with Gasteiger partial charge in [-0.05, 0) is 44.7 Å². The van der Waals surface area contributed by atoms with Crippen LogP contribution in [0.5, 0.6) is 0 Å². The lowest BCUT2D eigenvalue weighted by molar-refractivity contribution is 1.06. The molecule has 6 N–H and O–H groups in total. The van der Waals surface area contributed by atoms with Gasteiger partial charge in [-0.25, -0.2) is 0 Å². The van der Waals surface area contributed by atoms with Gasteiger partial charge in [0.15, 0.2) is 0 Å². The summed E-state index contributed by atoms with van der Waals surface area (Å²) in [5.74, 6) is 0. The zero-order chi connectivity index (χ0) is 8.74. The first-order chi connectivity index (χ1) is 5.18. The number of hydrogen-bond donors (Lipinski definition) is 3. The molecule has 0 spiro atoms. The molecule has 0 atom stereocenters. The van der Waals surface area contributed by atoms with Gasteiger partial charge in [-0.15, -0.1) is 11.2 Å². The SMILES string of the molecule is NCC[P](Cl)(CCN)CCN. The van der Waals surface area contributed by atoms with E-state index in [1.807, 2.05) is 0 Å². The summed E-state index contributed by atoms with van der Waals surface area (Å²) in [6.07, 6.45) is 2.72. The Morgan fingerprint density at radius 3 is 1.27 bits per heavy atom. The Balaban J connectivity index is 3.79. The second-order valence-electron chi connectivity index (χ2n) is 2.57. The topological polar surface area (TPSA) is 78.1 Å².